The lowest BCUT2D eigenvalue weighted by atomic mass is 10.0. The fourth-order valence-electron chi connectivity index (χ4n) is 3.12. The minimum absolute atomic E-state index is 0.169. The maximum atomic E-state index is 12.5. The lowest BCUT2D eigenvalue weighted by Crippen LogP contribution is -2.09. The number of benzene rings is 2. The van der Waals surface area contributed by atoms with Gasteiger partial charge in [-0.25, -0.2) is 0 Å². The highest BCUT2D eigenvalue weighted by Crippen LogP contribution is 2.34. The fourth-order valence-corrected chi connectivity index (χ4v) is 3.12. The number of hydrogen-bond acceptors (Lipinski definition) is 3. The molecule has 1 heterocycles. The number of carbonyl (C=O) groups is 1. The predicted molar refractivity (Wildman–Crippen MR) is 110 cm³/mol. The van der Waals surface area contributed by atoms with Crippen LogP contribution in [0.5, 0.6) is 5.75 Å². The molecule has 4 nitrogen and oxygen atoms in total. The van der Waals surface area contributed by atoms with Crippen molar-refractivity contribution < 1.29 is 13.9 Å². The number of anilines is 1. The number of ether oxygens (including phenoxy) is 1. The Bertz CT molecular complexity index is 1060. The molecule has 0 aliphatic carbocycles. The third kappa shape index (κ3) is 3.75. The van der Waals surface area contributed by atoms with Crippen LogP contribution in [0.4, 0.5) is 5.69 Å². The Balaban J connectivity index is 1.93. The van der Waals surface area contributed by atoms with Crippen molar-refractivity contribution in [2.45, 2.75) is 34.6 Å². The average molecular weight is 363 g/mol. The highest BCUT2D eigenvalue weighted by atomic mass is 16.5. The first kappa shape index (κ1) is 18.8. The molecule has 0 aliphatic heterocycles. The number of methoxy groups -OCH3 is 1. The van der Waals surface area contributed by atoms with E-state index in [-0.39, 0.29) is 5.91 Å². The minimum atomic E-state index is -0.169. The molecule has 4 heteroatoms. The van der Waals surface area contributed by atoms with Gasteiger partial charge in [0.1, 0.15) is 17.1 Å². The van der Waals surface area contributed by atoms with Gasteiger partial charge in [0.05, 0.1) is 7.11 Å². The van der Waals surface area contributed by atoms with E-state index in [9.17, 15) is 4.79 Å². The van der Waals surface area contributed by atoms with Gasteiger partial charge < -0.3 is 14.5 Å². The van der Waals surface area contributed by atoms with Gasteiger partial charge in [0.2, 0.25) is 5.91 Å². The second kappa shape index (κ2) is 7.31. The highest BCUT2D eigenvalue weighted by molar-refractivity contribution is 6.04. The second-order valence-corrected chi connectivity index (χ2v) is 6.95. The maximum absolute atomic E-state index is 12.5. The first-order valence-electron chi connectivity index (χ1n) is 8.94. The summed E-state index contributed by atoms with van der Waals surface area (Å²) in [5, 5.41) is 3.96. The summed E-state index contributed by atoms with van der Waals surface area (Å²) in [6.45, 7) is 9.96. The number of allylic oxidation sites excluding steroid dienone is 1. The highest BCUT2D eigenvalue weighted by Gasteiger charge is 2.14. The zero-order valence-electron chi connectivity index (χ0n) is 16.7. The molecular formula is C23H25NO3. The molecule has 27 heavy (non-hydrogen) atoms. The van der Waals surface area contributed by atoms with E-state index in [1.807, 2.05) is 65.0 Å². The molecule has 0 bridgehead atoms. The topological polar surface area (TPSA) is 51.5 Å². The zero-order chi connectivity index (χ0) is 19.7. The van der Waals surface area contributed by atoms with Gasteiger partial charge in [-0.15, -0.1) is 0 Å². The van der Waals surface area contributed by atoms with E-state index >= 15 is 0 Å². The van der Waals surface area contributed by atoms with Gasteiger partial charge >= 0.3 is 0 Å². The summed E-state index contributed by atoms with van der Waals surface area (Å²) in [6, 6.07) is 9.79. The summed E-state index contributed by atoms with van der Waals surface area (Å²) < 4.78 is 11.3. The molecule has 0 aliphatic rings. The number of fused-ring (bicyclic) bond motifs is 1. The molecule has 1 aromatic heterocycles. The lowest BCUT2D eigenvalue weighted by Gasteiger charge is -2.10. The number of aryl methyl sites for hydroxylation is 4. The molecule has 0 saturated carbocycles. The summed E-state index contributed by atoms with van der Waals surface area (Å²) >= 11 is 0. The summed E-state index contributed by atoms with van der Waals surface area (Å²) in [5.41, 5.74) is 6.72. The van der Waals surface area contributed by atoms with E-state index in [0.717, 1.165) is 44.7 Å². The van der Waals surface area contributed by atoms with Crippen LogP contribution in [0.25, 0.3) is 16.5 Å². The smallest absolute Gasteiger partial charge is 0.248 e. The minimum Gasteiger partial charge on any atom is -0.496 e. The van der Waals surface area contributed by atoms with E-state index < -0.39 is 0 Å². The first-order chi connectivity index (χ1) is 12.8. The summed E-state index contributed by atoms with van der Waals surface area (Å²) in [7, 11) is 1.62. The zero-order valence-corrected chi connectivity index (χ0v) is 16.7. The molecule has 0 atom stereocenters. The van der Waals surface area contributed by atoms with Crippen LogP contribution in [0.3, 0.4) is 0 Å². The third-order valence-electron chi connectivity index (χ3n) is 5.04. The Morgan fingerprint density at radius 3 is 2.48 bits per heavy atom. The first-order valence-corrected chi connectivity index (χ1v) is 8.94. The number of carbonyl (C=O) groups excluding carboxylic acids is 1. The van der Waals surface area contributed by atoms with Crippen LogP contribution >= 0.6 is 0 Å². The number of amides is 1. The Kier molecular flexibility index (Phi) is 5.08. The van der Waals surface area contributed by atoms with Gasteiger partial charge in [-0.1, -0.05) is 6.07 Å². The maximum Gasteiger partial charge on any atom is 0.248 e. The SMILES string of the molecule is COc1cc2oc(C)c(C)c2cc1/C(C)=C/C(=O)Nc1ccc(C)c(C)c1. The standard InChI is InChI=1S/C23H25NO3/c1-13-7-8-18(9-14(13)2)24-23(25)10-15(3)19-11-20-16(4)17(5)27-22(20)12-21(19)26-6/h7-12H,1-6H3,(H,24,25)/b15-10+. The van der Waals surface area contributed by atoms with Crippen molar-refractivity contribution in [1.82, 2.24) is 0 Å². The molecule has 1 amide bonds. The fraction of sp³-hybridized carbons (Fsp3) is 0.261. The molecule has 0 fully saturated rings. The van der Waals surface area contributed by atoms with Crippen molar-refractivity contribution in [3.8, 4) is 5.75 Å². The van der Waals surface area contributed by atoms with Crippen LogP contribution in [0.2, 0.25) is 0 Å². The van der Waals surface area contributed by atoms with Crippen LogP contribution < -0.4 is 10.1 Å². The molecule has 2 aromatic carbocycles. The van der Waals surface area contributed by atoms with Gasteiger partial charge in [0.25, 0.3) is 0 Å². The number of hydrogen-bond donors (Lipinski definition) is 1. The van der Waals surface area contributed by atoms with Crippen molar-refractivity contribution in [2.24, 2.45) is 0 Å². The average Bonchev–Trinajstić information content (AvgIpc) is 2.90. The Labute approximate surface area is 159 Å². The van der Waals surface area contributed by atoms with Crippen LogP contribution in [0, 0.1) is 27.7 Å². The molecule has 0 radical (unpaired) electrons. The normalized spacial score (nSPS) is 11.7. The molecule has 140 valence electrons. The van der Waals surface area contributed by atoms with Crippen molar-refractivity contribution >= 4 is 28.1 Å². The number of nitrogens with one attached hydrogen (secondary N) is 1. The summed E-state index contributed by atoms with van der Waals surface area (Å²) in [6.07, 6.45) is 1.60. The van der Waals surface area contributed by atoms with Crippen molar-refractivity contribution in [2.75, 3.05) is 12.4 Å². The Morgan fingerprint density at radius 1 is 1.07 bits per heavy atom. The van der Waals surface area contributed by atoms with Crippen LogP contribution in [0.15, 0.2) is 40.8 Å². The quantitative estimate of drug-likeness (QED) is 0.603. The molecule has 0 saturated heterocycles. The lowest BCUT2D eigenvalue weighted by molar-refractivity contribution is -0.111. The van der Waals surface area contributed by atoms with Gasteiger partial charge in [-0.2, -0.15) is 0 Å². The number of furan rings is 1. The Hall–Kier alpha value is -3.01. The van der Waals surface area contributed by atoms with E-state index in [4.69, 9.17) is 9.15 Å². The molecule has 3 rings (SSSR count). The molecule has 0 spiro atoms. The molecule has 1 N–H and O–H groups in total. The molecular weight excluding hydrogens is 338 g/mol. The van der Waals surface area contributed by atoms with Gasteiger partial charge in [-0.05, 0) is 75.1 Å². The van der Waals surface area contributed by atoms with E-state index in [1.165, 1.54) is 5.56 Å². The third-order valence-corrected chi connectivity index (χ3v) is 5.04. The van der Waals surface area contributed by atoms with Crippen molar-refractivity contribution in [3.63, 3.8) is 0 Å². The van der Waals surface area contributed by atoms with Gasteiger partial charge in [0, 0.05) is 28.8 Å². The van der Waals surface area contributed by atoms with E-state index in [2.05, 4.69) is 5.32 Å². The molecule has 3 aromatic rings. The van der Waals surface area contributed by atoms with Crippen molar-refractivity contribution in [1.29, 1.82) is 0 Å². The molecule has 0 unspecified atom stereocenters. The summed E-state index contributed by atoms with van der Waals surface area (Å²) in [4.78, 5) is 12.5. The second-order valence-electron chi connectivity index (χ2n) is 6.95. The van der Waals surface area contributed by atoms with Crippen molar-refractivity contribution in [3.05, 3.63) is 64.4 Å². The van der Waals surface area contributed by atoms with Crippen LogP contribution in [0.1, 0.15) is 34.9 Å². The predicted octanol–water partition coefficient (Wildman–Crippen LogP) is 5.72. The van der Waals surface area contributed by atoms with E-state index in [1.54, 1.807) is 13.2 Å². The van der Waals surface area contributed by atoms with Crippen LogP contribution in [-0.2, 0) is 4.79 Å². The van der Waals surface area contributed by atoms with Gasteiger partial charge in [-0.3, -0.25) is 4.79 Å². The van der Waals surface area contributed by atoms with E-state index in [0.29, 0.717) is 5.75 Å². The number of rotatable bonds is 4. The largest absolute Gasteiger partial charge is 0.496 e. The van der Waals surface area contributed by atoms with Crippen LogP contribution in [-0.4, -0.2) is 13.0 Å². The summed E-state index contributed by atoms with van der Waals surface area (Å²) in [5.74, 6) is 1.40. The Morgan fingerprint density at radius 2 is 1.81 bits per heavy atom. The van der Waals surface area contributed by atoms with Gasteiger partial charge in [0.15, 0.2) is 0 Å². The monoisotopic (exact) mass is 363 g/mol.